The van der Waals surface area contributed by atoms with Crippen molar-refractivity contribution in [3.8, 4) is 0 Å². The van der Waals surface area contributed by atoms with E-state index in [4.69, 9.17) is 0 Å². The molecule has 2 aromatic rings. The number of carbonyl (C=O) groups is 1. The van der Waals surface area contributed by atoms with Gasteiger partial charge < -0.3 is 4.90 Å². The normalized spacial score (nSPS) is 15.2. The monoisotopic (exact) mass is 400 g/mol. The van der Waals surface area contributed by atoms with Gasteiger partial charge in [-0.05, 0) is 74.6 Å². The lowest BCUT2D eigenvalue weighted by Gasteiger charge is -2.21. The summed E-state index contributed by atoms with van der Waals surface area (Å²) in [6.07, 6.45) is 4.27. The Bertz CT molecular complexity index is 955. The van der Waals surface area contributed by atoms with Crippen LogP contribution in [0.4, 0.5) is 5.69 Å². The minimum atomic E-state index is -3.79. The molecule has 1 fully saturated rings. The second kappa shape index (κ2) is 8.35. The summed E-state index contributed by atoms with van der Waals surface area (Å²) in [6, 6.07) is 10.5. The number of aryl methyl sites for hydroxylation is 3. The molecule has 6 heteroatoms. The van der Waals surface area contributed by atoms with Crippen LogP contribution in [0.2, 0.25) is 0 Å². The topological polar surface area (TPSA) is 66.5 Å². The Morgan fingerprint density at radius 1 is 0.893 bits per heavy atom. The van der Waals surface area contributed by atoms with Crippen LogP contribution < -0.4 is 4.72 Å². The highest BCUT2D eigenvalue weighted by Crippen LogP contribution is 2.23. The zero-order valence-corrected chi connectivity index (χ0v) is 17.6. The molecule has 1 amide bonds. The van der Waals surface area contributed by atoms with E-state index in [1.54, 1.807) is 31.2 Å². The Morgan fingerprint density at radius 2 is 1.50 bits per heavy atom. The highest BCUT2D eigenvalue weighted by atomic mass is 32.2. The smallest absolute Gasteiger partial charge is 0.262 e. The summed E-state index contributed by atoms with van der Waals surface area (Å²) in [5.41, 5.74) is 3.54. The maximum atomic E-state index is 13.0. The summed E-state index contributed by atoms with van der Waals surface area (Å²) >= 11 is 0. The SMILES string of the molecule is Cc1cc(C)cc(NS(=O)(=O)c2cc(C(=O)N3CCCCCC3)ccc2C)c1. The molecule has 0 saturated carbocycles. The van der Waals surface area contributed by atoms with Crippen LogP contribution in [0.15, 0.2) is 41.3 Å². The lowest BCUT2D eigenvalue weighted by atomic mass is 10.1. The van der Waals surface area contributed by atoms with Crippen LogP contribution in [-0.4, -0.2) is 32.3 Å². The molecule has 28 heavy (non-hydrogen) atoms. The van der Waals surface area contributed by atoms with Crippen LogP contribution in [0.25, 0.3) is 0 Å². The first-order valence-corrected chi connectivity index (χ1v) is 11.3. The molecule has 0 unspecified atom stereocenters. The van der Waals surface area contributed by atoms with Crippen molar-refractivity contribution in [2.75, 3.05) is 17.8 Å². The van der Waals surface area contributed by atoms with Crippen molar-refractivity contribution in [1.29, 1.82) is 0 Å². The zero-order chi connectivity index (χ0) is 20.3. The Labute approximate surface area is 167 Å². The summed E-state index contributed by atoms with van der Waals surface area (Å²) in [7, 11) is -3.79. The van der Waals surface area contributed by atoms with Crippen LogP contribution in [0, 0.1) is 20.8 Å². The van der Waals surface area contributed by atoms with Crippen LogP contribution in [-0.2, 0) is 10.0 Å². The fourth-order valence-corrected chi connectivity index (χ4v) is 5.03. The van der Waals surface area contributed by atoms with Crippen molar-refractivity contribution in [2.24, 2.45) is 0 Å². The first kappa shape index (κ1) is 20.4. The standard InChI is InChI=1S/C22H28N2O3S/c1-16-12-17(2)14-20(13-16)23-28(26,27)21-15-19(9-8-18(21)3)22(25)24-10-6-4-5-7-11-24/h8-9,12-15,23H,4-7,10-11H2,1-3H3. The molecule has 1 aliphatic heterocycles. The number of amides is 1. The largest absolute Gasteiger partial charge is 0.339 e. The van der Waals surface area contributed by atoms with Crippen LogP contribution >= 0.6 is 0 Å². The number of nitrogens with one attached hydrogen (secondary N) is 1. The van der Waals surface area contributed by atoms with Gasteiger partial charge in [0.05, 0.1) is 4.90 Å². The van der Waals surface area contributed by atoms with E-state index in [9.17, 15) is 13.2 Å². The number of carbonyl (C=O) groups excluding carboxylic acids is 1. The van der Waals surface area contributed by atoms with Gasteiger partial charge in [0.25, 0.3) is 15.9 Å². The molecule has 0 radical (unpaired) electrons. The summed E-state index contributed by atoms with van der Waals surface area (Å²) in [6.45, 7) is 7.06. The van der Waals surface area contributed by atoms with E-state index < -0.39 is 10.0 Å². The van der Waals surface area contributed by atoms with E-state index in [-0.39, 0.29) is 10.8 Å². The quantitative estimate of drug-likeness (QED) is 0.826. The van der Waals surface area contributed by atoms with Crippen molar-refractivity contribution in [3.05, 3.63) is 58.7 Å². The molecule has 1 heterocycles. The Kier molecular flexibility index (Phi) is 6.08. The van der Waals surface area contributed by atoms with Gasteiger partial charge in [-0.1, -0.05) is 25.0 Å². The minimum absolute atomic E-state index is 0.0928. The van der Waals surface area contributed by atoms with Gasteiger partial charge in [-0.2, -0.15) is 0 Å². The van der Waals surface area contributed by atoms with Gasteiger partial charge in [-0.3, -0.25) is 9.52 Å². The van der Waals surface area contributed by atoms with E-state index in [1.165, 1.54) is 6.07 Å². The average molecular weight is 401 g/mol. The third-order valence-electron chi connectivity index (χ3n) is 5.09. The van der Waals surface area contributed by atoms with Gasteiger partial charge in [-0.25, -0.2) is 8.42 Å². The molecule has 0 bridgehead atoms. The molecular formula is C22H28N2O3S. The molecule has 1 N–H and O–H groups in total. The molecule has 5 nitrogen and oxygen atoms in total. The number of hydrogen-bond acceptors (Lipinski definition) is 3. The van der Waals surface area contributed by atoms with E-state index in [2.05, 4.69) is 4.72 Å². The average Bonchev–Trinajstić information content (AvgIpc) is 2.89. The Balaban J connectivity index is 1.90. The predicted molar refractivity (Wildman–Crippen MR) is 112 cm³/mol. The number of hydrogen-bond donors (Lipinski definition) is 1. The fraction of sp³-hybridized carbons (Fsp3) is 0.409. The second-order valence-corrected chi connectivity index (χ2v) is 9.32. The molecule has 3 rings (SSSR count). The second-order valence-electron chi connectivity index (χ2n) is 7.67. The lowest BCUT2D eigenvalue weighted by molar-refractivity contribution is 0.0761. The Morgan fingerprint density at radius 3 is 2.11 bits per heavy atom. The molecule has 1 saturated heterocycles. The molecule has 0 atom stereocenters. The van der Waals surface area contributed by atoms with Gasteiger partial charge in [0.1, 0.15) is 0 Å². The molecule has 0 spiro atoms. The minimum Gasteiger partial charge on any atom is -0.339 e. The van der Waals surface area contributed by atoms with Crippen LogP contribution in [0.3, 0.4) is 0 Å². The molecule has 1 aliphatic rings. The summed E-state index contributed by atoms with van der Waals surface area (Å²) < 4.78 is 28.7. The summed E-state index contributed by atoms with van der Waals surface area (Å²) in [5, 5.41) is 0. The van der Waals surface area contributed by atoms with Crippen molar-refractivity contribution in [2.45, 2.75) is 51.3 Å². The number of sulfonamides is 1. The number of nitrogens with zero attached hydrogens (tertiary/aromatic N) is 1. The highest BCUT2D eigenvalue weighted by Gasteiger charge is 2.22. The third-order valence-corrected chi connectivity index (χ3v) is 6.62. The van der Waals surface area contributed by atoms with Gasteiger partial charge >= 0.3 is 0 Å². The number of rotatable bonds is 4. The van der Waals surface area contributed by atoms with E-state index in [0.717, 1.165) is 49.9 Å². The van der Waals surface area contributed by atoms with Crippen LogP contribution in [0.1, 0.15) is 52.7 Å². The van der Waals surface area contributed by atoms with Crippen molar-refractivity contribution >= 4 is 21.6 Å². The maximum absolute atomic E-state index is 13.0. The fourth-order valence-electron chi connectivity index (χ4n) is 3.72. The van der Waals surface area contributed by atoms with Gasteiger partial charge in [-0.15, -0.1) is 0 Å². The Hall–Kier alpha value is -2.34. The van der Waals surface area contributed by atoms with Gasteiger partial charge in [0.2, 0.25) is 0 Å². The number of benzene rings is 2. The van der Waals surface area contributed by atoms with E-state index >= 15 is 0 Å². The van der Waals surface area contributed by atoms with Gasteiger partial charge in [0, 0.05) is 24.3 Å². The van der Waals surface area contributed by atoms with Gasteiger partial charge in [0.15, 0.2) is 0 Å². The molecule has 0 aromatic heterocycles. The zero-order valence-electron chi connectivity index (χ0n) is 16.8. The molecular weight excluding hydrogens is 372 g/mol. The number of likely N-dealkylation sites (tertiary alicyclic amines) is 1. The first-order chi connectivity index (χ1) is 13.3. The third kappa shape index (κ3) is 4.73. The van der Waals surface area contributed by atoms with E-state index in [0.29, 0.717) is 16.8 Å². The predicted octanol–water partition coefficient (Wildman–Crippen LogP) is 4.43. The molecule has 0 aliphatic carbocycles. The molecule has 150 valence electrons. The van der Waals surface area contributed by atoms with Crippen molar-refractivity contribution < 1.29 is 13.2 Å². The number of anilines is 1. The van der Waals surface area contributed by atoms with Crippen molar-refractivity contribution in [1.82, 2.24) is 4.90 Å². The first-order valence-electron chi connectivity index (χ1n) is 9.77. The van der Waals surface area contributed by atoms with E-state index in [1.807, 2.05) is 24.8 Å². The summed E-state index contributed by atoms with van der Waals surface area (Å²) in [5.74, 6) is -0.0928. The summed E-state index contributed by atoms with van der Waals surface area (Å²) in [4.78, 5) is 14.9. The van der Waals surface area contributed by atoms with Crippen molar-refractivity contribution in [3.63, 3.8) is 0 Å². The van der Waals surface area contributed by atoms with Crippen LogP contribution in [0.5, 0.6) is 0 Å². The maximum Gasteiger partial charge on any atom is 0.262 e. The lowest BCUT2D eigenvalue weighted by Crippen LogP contribution is -2.32. The molecule has 2 aromatic carbocycles. The highest BCUT2D eigenvalue weighted by molar-refractivity contribution is 7.92.